The lowest BCUT2D eigenvalue weighted by atomic mass is 9.83. The molecule has 47 heavy (non-hydrogen) atoms. The SMILES string of the molecule is Cc1cc(C)cc(-c2c(NN)c(-c3cc(C)cc(C)c3)c3c([nH]c4cccc(-c5cc(C)cc(C)c5)c43)c2-c2cc(C)cc(C)c2)c1. The van der Waals surface area contributed by atoms with Crippen molar-refractivity contribution in [1.82, 2.24) is 4.98 Å². The number of nitrogen functional groups attached to an aromatic ring is 1. The van der Waals surface area contributed by atoms with Crippen molar-refractivity contribution in [2.45, 2.75) is 55.4 Å². The number of nitrogens with one attached hydrogen (secondary N) is 2. The van der Waals surface area contributed by atoms with Crippen LogP contribution in [0, 0.1) is 55.4 Å². The highest BCUT2D eigenvalue weighted by Gasteiger charge is 2.27. The Morgan fingerprint density at radius 3 is 1.30 bits per heavy atom. The zero-order chi connectivity index (χ0) is 33.1. The fourth-order valence-corrected chi connectivity index (χ4v) is 7.92. The third kappa shape index (κ3) is 5.41. The molecule has 3 heteroatoms. The molecule has 1 heterocycles. The van der Waals surface area contributed by atoms with Gasteiger partial charge in [-0.25, -0.2) is 0 Å². The molecule has 0 amide bonds. The van der Waals surface area contributed by atoms with Crippen molar-refractivity contribution in [3.8, 4) is 44.5 Å². The van der Waals surface area contributed by atoms with Gasteiger partial charge in [0.1, 0.15) is 0 Å². The molecule has 7 rings (SSSR count). The summed E-state index contributed by atoms with van der Waals surface area (Å²) in [6.07, 6.45) is 0. The minimum Gasteiger partial charge on any atom is -0.354 e. The van der Waals surface area contributed by atoms with Crippen LogP contribution in [-0.2, 0) is 0 Å². The number of hydrogen-bond donors (Lipinski definition) is 3. The molecular weight excluding hydrogens is 571 g/mol. The predicted octanol–water partition coefficient (Wildman–Crippen LogP) is 11.7. The summed E-state index contributed by atoms with van der Waals surface area (Å²) in [6.45, 7) is 17.4. The van der Waals surface area contributed by atoms with Crippen LogP contribution < -0.4 is 11.3 Å². The first-order valence-corrected chi connectivity index (χ1v) is 16.5. The molecule has 234 valence electrons. The van der Waals surface area contributed by atoms with Gasteiger partial charge in [-0.1, -0.05) is 129 Å². The Balaban J connectivity index is 1.79. The summed E-state index contributed by atoms with van der Waals surface area (Å²) in [5.41, 5.74) is 25.5. The van der Waals surface area contributed by atoms with Crippen LogP contribution in [0.4, 0.5) is 5.69 Å². The molecule has 0 unspecified atom stereocenters. The number of hydrogen-bond acceptors (Lipinski definition) is 2. The van der Waals surface area contributed by atoms with Gasteiger partial charge in [0.05, 0.1) is 11.2 Å². The topological polar surface area (TPSA) is 53.8 Å². The van der Waals surface area contributed by atoms with Crippen LogP contribution in [0.25, 0.3) is 66.3 Å². The first-order valence-electron chi connectivity index (χ1n) is 16.5. The molecule has 0 aliphatic heterocycles. The van der Waals surface area contributed by atoms with Crippen molar-refractivity contribution >= 4 is 27.5 Å². The number of rotatable bonds is 5. The second-order valence-corrected chi connectivity index (χ2v) is 13.8. The van der Waals surface area contributed by atoms with Crippen LogP contribution in [-0.4, -0.2) is 4.98 Å². The van der Waals surface area contributed by atoms with Crippen molar-refractivity contribution in [2.75, 3.05) is 5.43 Å². The molecule has 0 saturated carbocycles. The van der Waals surface area contributed by atoms with Crippen LogP contribution in [0.3, 0.4) is 0 Å². The highest BCUT2D eigenvalue weighted by Crippen LogP contribution is 2.53. The van der Waals surface area contributed by atoms with Crippen molar-refractivity contribution in [3.63, 3.8) is 0 Å². The largest absolute Gasteiger partial charge is 0.354 e. The zero-order valence-corrected chi connectivity index (χ0v) is 28.7. The number of nitrogens with two attached hydrogens (primary N) is 1. The summed E-state index contributed by atoms with van der Waals surface area (Å²) < 4.78 is 0. The zero-order valence-electron chi connectivity index (χ0n) is 28.7. The van der Waals surface area contributed by atoms with Crippen molar-refractivity contribution in [2.24, 2.45) is 5.84 Å². The Hall–Kier alpha value is -5.12. The summed E-state index contributed by atoms with van der Waals surface area (Å²) >= 11 is 0. The molecule has 0 radical (unpaired) electrons. The first-order chi connectivity index (χ1) is 22.5. The summed E-state index contributed by atoms with van der Waals surface area (Å²) in [5, 5.41) is 2.38. The molecule has 6 aromatic carbocycles. The molecule has 3 nitrogen and oxygen atoms in total. The van der Waals surface area contributed by atoms with Crippen LogP contribution >= 0.6 is 0 Å². The monoisotopic (exact) mass is 613 g/mol. The van der Waals surface area contributed by atoms with Gasteiger partial charge >= 0.3 is 0 Å². The van der Waals surface area contributed by atoms with Gasteiger partial charge in [-0.2, -0.15) is 0 Å². The summed E-state index contributed by atoms with van der Waals surface area (Å²) in [5.74, 6) is 6.72. The standard InChI is InChI=1S/C44H43N3/c1-24-12-25(2)17-32(16-24)36-10-9-11-37-41(36)42-40(35-22-30(7)15-31(8)23-35)44(47-45)39(34-20-28(5)14-29(6)21-34)38(43(42)46-37)33-18-26(3)13-27(4)19-33/h9-23,46-47H,45H2,1-8H3. The molecule has 1 aromatic heterocycles. The van der Waals surface area contributed by atoms with Crippen LogP contribution in [0.5, 0.6) is 0 Å². The molecule has 0 aliphatic rings. The highest BCUT2D eigenvalue weighted by molar-refractivity contribution is 6.27. The predicted molar refractivity (Wildman–Crippen MR) is 203 cm³/mol. The van der Waals surface area contributed by atoms with Crippen molar-refractivity contribution in [1.29, 1.82) is 0 Å². The van der Waals surface area contributed by atoms with Gasteiger partial charge in [-0.05, 0) is 89.3 Å². The lowest BCUT2D eigenvalue weighted by molar-refractivity contribution is 1.33. The van der Waals surface area contributed by atoms with E-state index in [0.717, 1.165) is 44.5 Å². The summed E-state index contributed by atoms with van der Waals surface area (Å²) in [4.78, 5) is 3.98. The van der Waals surface area contributed by atoms with Crippen molar-refractivity contribution < 1.29 is 0 Å². The van der Waals surface area contributed by atoms with E-state index < -0.39 is 0 Å². The molecule has 0 saturated heterocycles. The third-order valence-corrected chi connectivity index (χ3v) is 9.28. The maximum absolute atomic E-state index is 6.72. The molecule has 7 aromatic rings. The number of aromatic nitrogens is 1. The number of anilines is 1. The summed E-state index contributed by atoms with van der Waals surface area (Å²) in [7, 11) is 0. The third-order valence-electron chi connectivity index (χ3n) is 9.28. The average molecular weight is 614 g/mol. The number of aromatic amines is 1. The normalized spacial score (nSPS) is 11.5. The number of benzene rings is 6. The second-order valence-electron chi connectivity index (χ2n) is 13.8. The van der Waals surface area contributed by atoms with E-state index in [1.54, 1.807) is 0 Å². The highest BCUT2D eigenvalue weighted by atomic mass is 15.2. The van der Waals surface area contributed by atoms with Crippen LogP contribution in [0.2, 0.25) is 0 Å². The lowest BCUT2D eigenvalue weighted by Crippen LogP contribution is -2.11. The smallest absolute Gasteiger partial charge is 0.0656 e. The van der Waals surface area contributed by atoms with Crippen LogP contribution in [0.15, 0.2) is 91.0 Å². The van der Waals surface area contributed by atoms with E-state index in [4.69, 9.17) is 5.84 Å². The lowest BCUT2D eigenvalue weighted by Gasteiger charge is -2.23. The van der Waals surface area contributed by atoms with E-state index in [9.17, 15) is 0 Å². The Morgan fingerprint density at radius 2 is 0.851 bits per heavy atom. The number of hydrazine groups is 1. The number of fused-ring (bicyclic) bond motifs is 3. The van der Waals surface area contributed by atoms with Crippen LogP contribution in [0.1, 0.15) is 44.5 Å². The minimum atomic E-state index is 0.929. The summed E-state index contributed by atoms with van der Waals surface area (Å²) in [6, 6.07) is 34.0. The van der Waals surface area contributed by atoms with Gasteiger partial charge in [0, 0.05) is 33.0 Å². The fraction of sp³-hybridized carbons (Fsp3) is 0.182. The molecule has 0 fully saturated rings. The molecule has 4 N–H and O–H groups in total. The molecule has 0 atom stereocenters. The number of aryl methyl sites for hydroxylation is 8. The molecule has 0 spiro atoms. The van der Waals surface area contributed by atoms with Crippen molar-refractivity contribution in [3.05, 3.63) is 136 Å². The average Bonchev–Trinajstić information content (AvgIpc) is 3.37. The van der Waals surface area contributed by atoms with Gasteiger partial charge in [0.2, 0.25) is 0 Å². The van der Waals surface area contributed by atoms with E-state index in [0.29, 0.717) is 0 Å². The van der Waals surface area contributed by atoms with E-state index in [1.807, 2.05) is 0 Å². The van der Waals surface area contributed by atoms with Gasteiger partial charge in [0.25, 0.3) is 0 Å². The Bertz CT molecular complexity index is 2290. The Kier molecular flexibility index (Phi) is 7.53. The minimum absolute atomic E-state index is 0.929. The van der Waals surface area contributed by atoms with E-state index >= 15 is 0 Å². The fourth-order valence-electron chi connectivity index (χ4n) is 7.92. The Morgan fingerprint density at radius 1 is 0.447 bits per heavy atom. The molecule has 0 bridgehead atoms. The van der Waals surface area contributed by atoms with Gasteiger partial charge in [0.15, 0.2) is 0 Å². The van der Waals surface area contributed by atoms with E-state index in [2.05, 4.69) is 157 Å². The maximum atomic E-state index is 6.72. The number of H-pyrrole nitrogens is 1. The van der Waals surface area contributed by atoms with Gasteiger partial charge in [-0.15, -0.1) is 0 Å². The first kappa shape index (κ1) is 30.5. The van der Waals surface area contributed by atoms with E-state index in [1.165, 1.54) is 72.0 Å². The maximum Gasteiger partial charge on any atom is 0.0656 e. The van der Waals surface area contributed by atoms with E-state index in [-0.39, 0.29) is 0 Å². The molecule has 0 aliphatic carbocycles. The Labute approximate surface area is 278 Å². The van der Waals surface area contributed by atoms with Gasteiger partial charge in [-0.3, -0.25) is 5.84 Å². The van der Waals surface area contributed by atoms with Gasteiger partial charge < -0.3 is 10.4 Å². The quantitative estimate of drug-likeness (QED) is 0.134. The second kappa shape index (κ2) is 11.6. The molecular formula is C44H43N3.